The van der Waals surface area contributed by atoms with Gasteiger partial charge < -0.3 is 0 Å². The van der Waals surface area contributed by atoms with Gasteiger partial charge in [0, 0.05) is 23.7 Å². The van der Waals surface area contributed by atoms with Gasteiger partial charge >= 0.3 is 0 Å². The van der Waals surface area contributed by atoms with E-state index < -0.39 is 0 Å². The van der Waals surface area contributed by atoms with Gasteiger partial charge in [-0.05, 0) is 31.5 Å². The Hall–Kier alpha value is -1.62. The molecule has 2 aromatic rings. The molecule has 0 atom stereocenters. The Bertz CT molecular complexity index is 607. The SMILES string of the molecule is CC(=O)c1cc(F)c(C)cc1Sc1cnn(C)c1. The minimum atomic E-state index is -0.351. The molecule has 0 N–H and O–H groups in total. The number of benzene rings is 1. The summed E-state index contributed by atoms with van der Waals surface area (Å²) in [5.74, 6) is -0.490. The molecule has 1 aromatic carbocycles. The minimum Gasteiger partial charge on any atom is -0.294 e. The summed E-state index contributed by atoms with van der Waals surface area (Å²) in [6.45, 7) is 3.13. The average molecular weight is 264 g/mol. The summed E-state index contributed by atoms with van der Waals surface area (Å²) in [4.78, 5) is 13.2. The van der Waals surface area contributed by atoms with Crippen molar-refractivity contribution in [3.63, 3.8) is 0 Å². The molecule has 0 aliphatic heterocycles. The Morgan fingerprint density at radius 2 is 2.17 bits per heavy atom. The molecular weight excluding hydrogens is 251 g/mol. The van der Waals surface area contributed by atoms with Crippen LogP contribution in [-0.2, 0) is 7.05 Å². The van der Waals surface area contributed by atoms with Gasteiger partial charge in [0.1, 0.15) is 5.82 Å². The van der Waals surface area contributed by atoms with E-state index in [4.69, 9.17) is 0 Å². The Kier molecular flexibility index (Phi) is 3.52. The number of rotatable bonds is 3. The largest absolute Gasteiger partial charge is 0.294 e. The van der Waals surface area contributed by atoms with Gasteiger partial charge in [0.15, 0.2) is 5.78 Å². The molecule has 0 unspecified atom stereocenters. The van der Waals surface area contributed by atoms with Gasteiger partial charge in [0.2, 0.25) is 0 Å². The van der Waals surface area contributed by atoms with Gasteiger partial charge in [0.05, 0.1) is 11.1 Å². The highest BCUT2D eigenvalue weighted by Gasteiger charge is 2.13. The fraction of sp³-hybridized carbons (Fsp3) is 0.231. The summed E-state index contributed by atoms with van der Waals surface area (Å²) in [5.41, 5.74) is 0.943. The topological polar surface area (TPSA) is 34.9 Å². The molecule has 0 aliphatic carbocycles. The first-order chi connectivity index (χ1) is 8.47. The third kappa shape index (κ3) is 2.61. The summed E-state index contributed by atoms with van der Waals surface area (Å²) in [7, 11) is 1.83. The van der Waals surface area contributed by atoms with Crippen LogP contribution < -0.4 is 0 Å². The predicted octanol–water partition coefficient (Wildman–Crippen LogP) is 3.22. The molecule has 0 aliphatic rings. The van der Waals surface area contributed by atoms with Gasteiger partial charge in [-0.15, -0.1) is 0 Å². The van der Waals surface area contributed by atoms with Crippen LogP contribution in [0.2, 0.25) is 0 Å². The molecule has 3 nitrogen and oxygen atoms in total. The Morgan fingerprint density at radius 1 is 1.44 bits per heavy atom. The number of ketones is 1. The maximum Gasteiger partial charge on any atom is 0.161 e. The van der Waals surface area contributed by atoms with Crippen molar-refractivity contribution in [3.05, 3.63) is 41.5 Å². The molecule has 1 heterocycles. The number of halogens is 1. The lowest BCUT2D eigenvalue weighted by Crippen LogP contribution is -1.98. The van der Waals surface area contributed by atoms with E-state index >= 15 is 0 Å². The number of aryl methyl sites for hydroxylation is 2. The van der Waals surface area contributed by atoms with Gasteiger partial charge in [-0.2, -0.15) is 5.10 Å². The number of carbonyl (C=O) groups is 1. The first-order valence-corrected chi connectivity index (χ1v) is 6.26. The van der Waals surface area contributed by atoms with Crippen LogP contribution in [0.1, 0.15) is 22.8 Å². The van der Waals surface area contributed by atoms with Gasteiger partial charge in [-0.25, -0.2) is 4.39 Å². The number of hydrogen-bond donors (Lipinski definition) is 0. The molecule has 18 heavy (non-hydrogen) atoms. The van der Waals surface area contributed by atoms with Crippen LogP contribution in [-0.4, -0.2) is 15.6 Å². The van der Waals surface area contributed by atoms with E-state index in [1.54, 1.807) is 23.9 Å². The van der Waals surface area contributed by atoms with Crippen LogP contribution in [0.15, 0.2) is 34.3 Å². The highest BCUT2D eigenvalue weighted by molar-refractivity contribution is 7.99. The fourth-order valence-electron chi connectivity index (χ4n) is 1.59. The highest BCUT2D eigenvalue weighted by atomic mass is 32.2. The molecular formula is C13H13FN2OS. The van der Waals surface area contributed by atoms with Crippen LogP contribution in [0.3, 0.4) is 0 Å². The Morgan fingerprint density at radius 3 is 2.72 bits per heavy atom. The molecule has 0 spiro atoms. The predicted molar refractivity (Wildman–Crippen MR) is 68.5 cm³/mol. The molecule has 0 bridgehead atoms. The van der Waals surface area contributed by atoms with Gasteiger partial charge in [0.25, 0.3) is 0 Å². The molecule has 5 heteroatoms. The van der Waals surface area contributed by atoms with E-state index in [0.29, 0.717) is 11.1 Å². The molecule has 0 saturated heterocycles. The van der Waals surface area contributed by atoms with Crippen molar-refractivity contribution in [1.82, 2.24) is 9.78 Å². The van der Waals surface area contributed by atoms with Crippen molar-refractivity contribution in [2.45, 2.75) is 23.6 Å². The van der Waals surface area contributed by atoms with Gasteiger partial charge in [-0.1, -0.05) is 11.8 Å². The van der Waals surface area contributed by atoms with Crippen molar-refractivity contribution in [2.24, 2.45) is 7.05 Å². The zero-order valence-corrected chi connectivity index (χ0v) is 11.2. The lowest BCUT2D eigenvalue weighted by Gasteiger charge is -2.07. The zero-order valence-electron chi connectivity index (χ0n) is 10.4. The maximum absolute atomic E-state index is 13.5. The van der Waals surface area contributed by atoms with E-state index in [9.17, 15) is 9.18 Å². The van der Waals surface area contributed by atoms with Crippen LogP contribution in [0.25, 0.3) is 0 Å². The molecule has 0 amide bonds. The summed E-state index contributed by atoms with van der Waals surface area (Å²) in [5, 5.41) is 4.06. The lowest BCUT2D eigenvalue weighted by atomic mass is 10.1. The summed E-state index contributed by atoms with van der Waals surface area (Å²) in [6.07, 6.45) is 3.57. The van der Waals surface area contributed by atoms with Crippen LogP contribution in [0.5, 0.6) is 0 Å². The third-order valence-electron chi connectivity index (χ3n) is 2.55. The minimum absolute atomic E-state index is 0.139. The molecule has 1 aromatic heterocycles. The first-order valence-electron chi connectivity index (χ1n) is 5.45. The second-order valence-corrected chi connectivity index (χ2v) is 5.22. The quantitative estimate of drug-likeness (QED) is 0.798. The number of nitrogens with zero attached hydrogens (tertiary/aromatic N) is 2. The Balaban J connectivity index is 2.42. The average Bonchev–Trinajstić information content (AvgIpc) is 2.68. The van der Waals surface area contributed by atoms with E-state index in [1.165, 1.54) is 24.8 Å². The zero-order chi connectivity index (χ0) is 13.3. The standard InChI is InChI=1S/C13H13FN2OS/c1-8-4-13(11(9(2)17)5-12(8)14)18-10-6-15-16(3)7-10/h4-7H,1-3H3. The van der Waals surface area contributed by atoms with Crippen molar-refractivity contribution in [2.75, 3.05) is 0 Å². The number of aromatic nitrogens is 2. The maximum atomic E-state index is 13.5. The van der Waals surface area contributed by atoms with Crippen LogP contribution in [0, 0.1) is 12.7 Å². The second kappa shape index (κ2) is 4.94. The van der Waals surface area contributed by atoms with Gasteiger partial charge in [-0.3, -0.25) is 9.48 Å². The van der Waals surface area contributed by atoms with Crippen molar-refractivity contribution >= 4 is 17.5 Å². The van der Waals surface area contributed by atoms with Crippen molar-refractivity contribution in [3.8, 4) is 0 Å². The Labute approximate surface area is 109 Å². The van der Waals surface area contributed by atoms with Crippen LogP contribution >= 0.6 is 11.8 Å². The molecule has 0 radical (unpaired) electrons. The summed E-state index contributed by atoms with van der Waals surface area (Å²) in [6, 6.07) is 3.00. The smallest absolute Gasteiger partial charge is 0.161 e. The monoisotopic (exact) mass is 264 g/mol. The highest BCUT2D eigenvalue weighted by Crippen LogP contribution is 2.32. The number of carbonyl (C=O) groups excluding carboxylic acids is 1. The summed E-state index contributed by atoms with van der Waals surface area (Å²) >= 11 is 1.42. The second-order valence-electron chi connectivity index (χ2n) is 4.11. The molecule has 2 rings (SSSR count). The third-order valence-corrected chi connectivity index (χ3v) is 3.55. The lowest BCUT2D eigenvalue weighted by molar-refractivity contribution is 0.101. The van der Waals surface area contributed by atoms with Crippen molar-refractivity contribution in [1.29, 1.82) is 0 Å². The van der Waals surface area contributed by atoms with E-state index in [-0.39, 0.29) is 11.6 Å². The number of hydrogen-bond acceptors (Lipinski definition) is 3. The van der Waals surface area contributed by atoms with E-state index in [1.807, 2.05) is 13.2 Å². The molecule has 0 fully saturated rings. The normalized spacial score (nSPS) is 10.7. The summed E-state index contributed by atoms with van der Waals surface area (Å²) < 4.78 is 15.2. The van der Waals surface area contributed by atoms with E-state index in [0.717, 1.165) is 9.79 Å². The van der Waals surface area contributed by atoms with Crippen LogP contribution in [0.4, 0.5) is 4.39 Å². The molecule has 0 saturated carbocycles. The molecule has 94 valence electrons. The van der Waals surface area contributed by atoms with Crippen molar-refractivity contribution < 1.29 is 9.18 Å². The fourth-order valence-corrected chi connectivity index (χ4v) is 2.70. The first kappa shape index (κ1) is 12.8. The number of Topliss-reactive ketones (excluding diaryl/α,β-unsaturated/α-hetero) is 1. The van der Waals surface area contributed by atoms with E-state index in [2.05, 4.69) is 5.10 Å².